The van der Waals surface area contributed by atoms with Crippen molar-refractivity contribution < 1.29 is 23.1 Å². The van der Waals surface area contributed by atoms with Crippen LogP contribution in [0.25, 0.3) is 23.1 Å². The molecule has 2 heterocycles. The molecule has 1 aromatic heterocycles. The van der Waals surface area contributed by atoms with Crippen LogP contribution >= 0.6 is 0 Å². The first-order valence-electron chi connectivity index (χ1n) is 11.9. The molecule has 0 bridgehead atoms. The Morgan fingerprint density at radius 2 is 1.73 bits per heavy atom. The number of esters is 1. The maximum absolute atomic E-state index is 13.9. The smallest absolute Gasteiger partial charge is 0.338 e. The van der Waals surface area contributed by atoms with Gasteiger partial charge in [0.1, 0.15) is 17.3 Å². The summed E-state index contributed by atoms with van der Waals surface area (Å²) in [5, 5.41) is 0. The van der Waals surface area contributed by atoms with Gasteiger partial charge in [-0.1, -0.05) is 42.5 Å². The zero-order valence-corrected chi connectivity index (χ0v) is 20.4. The Labute approximate surface area is 214 Å². The van der Waals surface area contributed by atoms with Crippen LogP contribution in [-0.2, 0) is 9.53 Å². The van der Waals surface area contributed by atoms with Crippen LogP contribution < -0.4 is 4.90 Å². The second-order valence-electron chi connectivity index (χ2n) is 8.57. The molecule has 184 valence electrons. The second-order valence-corrected chi connectivity index (χ2v) is 8.57. The molecule has 0 atom stereocenters. The van der Waals surface area contributed by atoms with Crippen LogP contribution in [0, 0.1) is 12.7 Å². The minimum Gasteiger partial charge on any atom is -0.462 e. The number of anilines is 1. The normalized spacial score (nSPS) is 14.2. The Bertz CT molecular complexity index is 1530. The van der Waals surface area contributed by atoms with Crippen LogP contribution in [0.5, 0.6) is 0 Å². The molecule has 1 aliphatic rings. The van der Waals surface area contributed by atoms with Gasteiger partial charge in [-0.15, -0.1) is 0 Å². The number of hydrogen-bond acceptors (Lipinski definition) is 4. The van der Waals surface area contributed by atoms with Gasteiger partial charge in [0.15, 0.2) is 0 Å². The maximum Gasteiger partial charge on any atom is 0.338 e. The summed E-state index contributed by atoms with van der Waals surface area (Å²) in [5.41, 5.74) is 4.31. The van der Waals surface area contributed by atoms with E-state index < -0.39 is 0 Å². The van der Waals surface area contributed by atoms with Crippen molar-refractivity contribution in [3.63, 3.8) is 0 Å². The molecule has 0 unspecified atom stereocenters. The lowest BCUT2D eigenvalue weighted by Gasteiger charge is -2.21. The zero-order chi connectivity index (χ0) is 25.9. The molecule has 1 aliphatic heterocycles. The third kappa shape index (κ3) is 4.86. The number of amides is 1. The predicted octanol–water partition coefficient (Wildman–Crippen LogP) is 7.04. The molecule has 0 saturated heterocycles. The molecule has 0 N–H and O–H groups in total. The number of nitrogens with zero attached hydrogens (tertiary/aromatic N) is 1. The highest BCUT2D eigenvalue weighted by molar-refractivity contribution is 6.23. The Kier molecular flexibility index (Phi) is 6.56. The minimum atomic E-state index is -0.374. The van der Waals surface area contributed by atoms with Crippen LogP contribution in [-0.4, -0.2) is 18.5 Å². The van der Waals surface area contributed by atoms with Gasteiger partial charge in [0.2, 0.25) is 0 Å². The standard InChI is InChI=1S/C31H24FNO4/c1-3-36-31(35)23-11-9-22(10-12-23)29-16-14-26(37-29)18-24-19-28(21-7-5-4-6-8-21)33(30(24)34)25-13-15-27(32)20(2)17-25/h4-19H,3H2,1-2H3/b24-18-. The van der Waals surface area contributed by atoms with Crippen LogP contribution in [0.1, 0.15) is 34.2 Å². The third-order valence-electron chi connectivity index (χ3n) is 6.06. The first-order chi connectivity index (χ1) is 17.9. The van der Waals surface area contributed by atoms with Crippen molar-refractivity contribution in [1.82, 2.24) is 0 Å². The molecule has 6 heteroatoms. The van der Waals surface area contributed by atoms with E-state index >= 15 is 0 Å². The lowest BCUT2D eigenvalue weighted by Crippen LogP contribution is -2.25. The summed E-state index contributed by atoms with van der Waals surface area (Å²) < 4.78 is 25.0. The van der Waals surface area contributed by atoms with E-state index in [0.717, 1.165) is 11.1 Å². The molecule has 5 nitrogen and oxygen atoms in total. The number of benzene rings is 3. The van der Waals surface area contributed by atoms with Crippen LogP contribution in [0.15, 0.2) is 101 Å². The van der Waals surface area contributed by atoms with E-state index in [9.17, 15) is 14.0 Å². The van der Waals surface area contributed by atoms with E-state index in [1.807, 2.05) is 42.5 Å². The highest BCUT2D eigenvalue weighted by atomic mass is 19.1. The number of aryl methyl sites for hydroxylation is 1. The van der Waals surface area contributed by atoms with Crippen molar-refractivity contribution in [2.24, 2.45) is 0 Å². The molecule has 0 spiro atoms. The zero-order valence-electron chi connectivity index (χ0n) is 20.4. The molecule has 5 rings (SSSR count). The van der Waals surface area contributed by atoms with Gasteiger partial charge in [0.05, 0.1) is 17.9 Å². The number of halogens is 1. The fraction of sp³-hybridized carbons (Fsp3) is 0.0968. The molecule has 37 heavy (non-hydrogen) atoms. The van der Waals surface area contributed by atoms with Gasteiger partial charge in [0.25, 0.3) is 5.91 Å². The number of rotatable bonds is 6. The van der Waals surface area contributed by atoms with Crippen molar-refractivity contribution in [3.8, 4) is 11.3 Å². The highest BCUT2D eigenvalue weighted by Gasteiger charge is 2.31. The highest BCUT2D eigenvalue weighted by Crippen LogP contribution is 2.36. The van der Waals surface area contributed by atoms with Crippen molar-refractivity contribution in [3.05, 3.63) is 125 Å². The van der Waals surface area contributed by atoms with Gasteiger partial charge >= 0.3 is 5.97 Å². The van der Waals surface area contributed by atoms with E-state index in [2.05, 4.69) is 0 Å². The fourth-order valence-electron chi connectivity index (χ4n) is 4.18. The average Bonchev–Trinajstić information content (AvgIpc) is 3.51. The molecule has 0 fully saturated rings. The van der Waals surface area contributed by atoms with E-state index in [0.29, 0.717) is 46.2 Å². The second kappa shape index (κ2) is 10.1. The molecule has 0 radical (unpaired) electrons. The predicted molar refractivity (Wildman–Crippen MR) is 141 cm³/mol. The quantitative estimate of drug-likeness (QED) is 0.213. The Morgan fingerprint density at radius 1 is 0.973 bits per heavy atom. The molecule has 0 aliphatic carbocycles. The van der Waals surface area contributed by atoms with Gasteiger partial charge in [-0.3, -0.25) is 9.69 Å². The number of carbonyl (C=O) groups is 2. The van der Waals surface area contributed by atoms with E-state index in [4.69, 9.17) is 9.15 Å². The van der Waals surface area contributed by atoms with Gasteiger partial charge < -0.3 is 9.15 Å². The van der Waals surface area contributed by atoms with Crippen LogP contribution in [0.4, 0.5) is 10.1 Å². The van der Waals surface area contributed by atoms with Gasteiger partial charge in [0, 0.05) is 16.8 Å². The Morgan fingerprint density at radius 3 is 2.43 bits per heavy atom. The van der Waals surface area contributed by atoms with Crippen molar-refractivity contribution in [2.75, 3.05) is 11.5 Å². The van der Waals surface area contributed by atoms with Gasteiger partial charge in [-0.05, 0) is 79.6 Å². The number of hydrogen-bond donors (Lipinski definition) is 0. The molecule has 1 amide bonds. The molecular weight excluding hydrogens is 469 g/mol. The minimum absolute atomic E-state index is 0.235. The Balaban J connectivity index is 1.47. The van der Waals surface area contributed by atoms with Gasteiger partial charge in [-0.25, -0.2) is 9.18 Å². The summed E-state index contributed by atoms with van der Waals surface area (Å²) in [5.74, 6) is 0.177. The monoisotopic (exact) mass is 493 g/mol. The maximum atomic E-state index is 13.9. The SMILES string of the molecule is CCOC(=O)c1ccc(-c2ccc(/C=C3/C=C(c4ccccc4)N(c4ccc(F)c(C)c4)C3=O)o2)cc1. The summed E-state index contributed by atoms with van der Waals surface area (Å²) in [7, 11) is 0. The molecule has 0 saturated carbocycles. The van der Waals surface area contributed by atoms with Gasteiger partial charge in [-0.2, -0.15) is 0 Å². The van der Waals surface area contributed by atoms with Crippen molar-refractivity contribution in [1.29, 1.82) is 0 Å². The third-order valence-corrected chi connectivity index (χ3v) is 6.06. The van der Waals surface area contributed by atoms with Crippen molar-refractivity contribution in [2.45, 2.75) is 13.8 Å². The molecular formula is C31H24FNO4. The van der Waals surface area contributed by atoms with Crippen LogP contribution in [0.2, 0.25) is 0 Å². The molecule has 3 aromatic carbocycles. The van der Waals surface area contributed by atoms with E-state index in [1.165, 1.54) is 6.07 Å². The summed E-state index contributed by atoms with van der Waals surface area (Å²) in [6.45, 7) is 3.75. The lowest BCUT2D eigenvalue weighted by molar-refractivity contribution is -0.113. The summed E-state index contributed by atoms with van der Waals surface area (Å²) in [6, 6.07) is 24.8. The lowest BCUT2D eigenvalue weighted by atomic mass is 10.1. The number of ether oxygens (including phenoxy) is 1. The first-order valence-corrected chi connectivity index (χ1v) is 11.9. The summed E-state index contributed by atoms with van der Waals surface area (Å²) in [6.07, 6.45) is 3.50. The largest absolute Gasteiger partial charge is 0.462 e. The number of furan rings is 1. The van der Waals surface area contributed by atoms with E-state index in [1.54, 1.807) is 67.3 Å². The van der Waals surface area contributed by atoms with Crippen molar-refractivity contribution >= 4 is 29.3 Å². The molecule has 4 aromatic rings. The van der Waals surface area contributed by atoms with E-state index in [-0.39, 0.29) is 17.7 Å². The fourth-order valence-corrected chi connectivity index (χ4v) is 4.18. The summed E-state index contributed by atoms with van der Waals surface area (Å²) >= 11 is 0. The first kappa shape index (κ1) is 24.0. The van der Waals surface area contributed by atoms with Crippen LogP contribution in [0.3, 0.4) is 0 Å². The number of carbonyl (C=O) groups excluding carboxylic acids is 2. The summed E-state index contributed by atoms with van der Waals surface area (Å²) in [4.78, 5) is 27.0. The average molecular weight is 494 g/mol. The Hall–Kier alpha value is -4.71. The topological polar surface area (TPSA) is 59.8 Å².